The zero-order valence-electron chi connectivity index (χ0n) is 8.79. The minimum Gasteiger partial charge on any atom is -0.295 e. The molecule has 0 saturated carbocycles. The van der Waals surface area contributed by atoms with Crippen LogP contribution >= 0.6 is 23.4 Å². The zero-order valence-corrected chi connectivity index (χ0v) is 10.4. The highest BCUT2D eigenvalue weighted by Gasteiger charge is 1.96. The maximum absolute atomic E-state index is 10.8. The SMILES string of the molecule is CC(=O)/C=C(\C)CSc1ccc(Cl)cc1. The van der Waals surface area contributed by atoms with E-state index in [2.05, 4.69) is 0 Å². The Morgan fingerprint density at radius 3 is 2.47 bits per heavy atom. The predicted octanol–water partition coefficient (Wildman–Crippen LogP) is 3.97. The van der Waals surface area contributed by atoms with E-state index in [-0.39, 0.29) is 5.78 Å². The fraction of sp³-hybridized carbons (Fsp3) is 0.250. The third kappa shape index (κ3) is 5.05. The summed E-state index contributed by atoms with van der Waals surface area (Å²) < 4.78 is 0. The molecule has 3 heteroatoms. The summed E-state index contributed by atoms with van der Waals surface area (Å²) >= 11 is 7.48. The number of ketones is 1. The van der Waals surface area contributed by atoms with Crippen LogP contribution in [0.4, 0.5) is 0 Å². The molecule has 0 aromatic heterocycles. The summed E-state index contributed by atoms with van der Waals surface area (Å²) in [5.41, 5.74) is 1.09. The molecule has 0 N–H and O–H groups in total. The largest absolute Gasteiger partial charge is 0.295 e. The second-order valence-corrected chi connectivity index (χ2v) is 4.83. The van der Waals surface area contributed by atoms with Crippen molar-refractivity contribution in [3.63, 3.8) is 0 Å². The number of benzene rings is 1. The van der Waals surface area contributed by atoms with E-state index >= 15 is 0 Å². The topological polar surface area (TPSA) is 17.1 Å². The molecule has 0 atom stereocenters. The lowest BCUT2D eigenvalue weighted by molar-refractivity contribution is -0.112. The van der Waals surface area contributed by atoms with Gasteiger partial charge in [-0.25, -0.2) is 0 Å². The van der Waals surface area contributed by atoms with Gasteiger partial charge in [0.2, 0.25) is 0 Å². The lowest BCUT2D eigenvalue weighted by Crippen LogP contribution is -1.88. The van der Waals surface area contributed by atoms with Crippen molar-refractivity contribution in [2.75, 3.05) is 5.75 Å². The third-order valence-electron chi connectivity index (χ3n) is 1.73. The van der Waals surface area contributed by atoms with Crippen molar-refractivity contribution in [1.82, 2.24) is 0 Å². The van der Waals surface area contributed by atoms with E-state index in [1.165, 1.54) is 0 Å². The number of carbonyl (C=O) groups excluding carboxylic acids is 1. The summed E-state index contributed by atoms with van der Waals surface area (Å²) in [7, 11) is 0. The molecule has 0 heterocycles. The fourth-order valence-corrected chi connectivity index (χ4v) is 2.05. The first-order chi connectivity index (χ1) is 7.08. The van der Waals surface area contributed by atoms with Crippen molar-refractivity contribution in [3.8, 4) is 0 Å². The number of hydrogen-bond donors (Lipinski definition) is 0. The molecule has 0 fully saturated rings. The molecule has 15 heavy (non-hydrogen) atoms. The number of halogens is 1. The van der Waals surface area contributed by atoms with Crippen LogP contribution in [-0.4, -0.2) is 11.5 Å². The van der Waals surface area contributed by atoms with Gasteiger partial charge < -0.3 is 0 Å². The standard InChI is InChI=1S/C12H13ClOS/c1-9(7-10(2)14)8-15-12-5-3-11(13)4-6-12/h3-7H,8H2,1-2H3/b9-7+. The van der Waals surface area contributed by atoms with Crippen LogP contribution < -0.4 is 0 Å². The summed E-state index contributed by atoms with van der Waals surface area (Å²) in [6.07, 6.45) is 1.67. The monoisotopic (exact) mass is 240 g/mol. The minimum atomic E-state index is 0.101. The van der Waals surface area contributed by atoms with Crippen LogP contribution in [0, 0.1) is 0 Å². The molecule has 1 rings (SSSR count). The smallest absolute Gasteiger partial charge is 0.152 e. The highest BCUT2D eigenvalue weighted by molar-refractivity contribution is 7.99. The van der Waals surface area contributed by atoms with E-state index in [4.69, 9.17) is 11.6 Å². The van der Waals surface area contributed by atoms with Gasteiger partial charge in [-0.15, -0.1) is 11.8 Å². The van der Waals surface area contributed by atoms with Gasteiger partial charge in [0.15, 0.2) is 5.78 Å². The van der Waals surface area contributed by atoms with Crippen LogP contribution in [0.5, 0.6) is 0 Å². The first-order valence-corrected chi connectivity index (χ1v) is 6.00. The third-order valence-corrected chi connectivity index (χ3v) is 3.19. The lowest BCUT2D eigenvalue weighted by Gasteiger charge is -2.01. The Morgan fingerprint density at radius 2 is 1.93 bits per heavy atom. The maximum Gasteiger partial charge on any atom is 0.152 e. The Labute approximate surface area is 99.5 Å². The number of hydrogen-bond acceptors (Lipinski definition) is 2. The minimum absolute atomic E-state index is 0.101. The van der Waals surface area contributed by atoms with E-state index in [1.807, 2.05) is 31.2 Å². The van der Waals surface area contributed by atoms with Gasteiger partial charge in [-0.2, -0.15) is 0 Å². The van der Waals surface area contributed by atoms with Crippen molar-refractivity contribution in [2.45, 2.75) is 18.7 Å². The molecule has 0 saturated heterocycles. The molecule has 0 spiro atoms. The molecule has 0 aliphatic rings. The molecule has 1 nitrogen and oxygen atoms in total. The molecular formula is C12H13ClOS. The highest BCUT2D eigenvalue weighted by Crippen LogP contribution is 2.22. The van der Waals surface area contributed by atoms with Crippen LogP contribution in [0.1, 0.15) is 13.8 Å². The fourth-order valence-electron chi connectivity index (χ4n) is 1.12. The van der Waals surface area contributed by atoms with Gasteiger partial charge in [-0.05, 0) is 44.2 Å². The Bertz CT molecular complexity index is 368. The predicted molar refractivity (Wildman–Crippen MR) is 66.6 cm³/mol. The molecule has 0 radical (unpaired) electrons. The number of thioether (sulfide) groups is 1. The van der Waals surface area contributed by atoms with Crippen molar-refractivity contribution >= 4 is 29.1 Å². The van der Waals surface area contributed by atoms with Crippen molar-refractivity contribution in [3.05, 3.63) is 40.9 Å². The molecule has 0 aliphatic carbocycles. The van der Waals surface area contributed by atoms with Crippen molar-refractivity contribution < 1.29 is 4.79 Å². The molecule has 1 aromatic carbocycles. The van der Waals surface area contributed by atoms with E-state index < -0.39 is 0 Å². The van der Waals surface area contributed by atoms with E-state index in [0.717, 1.165) is 21.2 Å². The van der Waals surface area contributed by atoms with Crippen LogP contribution in [0.15, 0.2) is 40.8 Å². The Hall–Kier alpha value is -0.730. The van der Waals surface area contributed by atoms with Crippen LogP contribution in [0.3, 0.4) is 0 Å². The van der Waals surface area contributed by atoms with E-state index in [9.17, 15) is 4.79 Å². The van der Waals surface area contributed by atoms with Gasteiger partial charge in [0.05, 0.1) is 0 Å². The van der Waals surface area contributed by atoms with Crippen molar-refractivity contribution in [2.24, 2.45) is 0 Å². The number of allylic oxidation sites excluding steroid dienone is 1. The summed E-state index contributed by atoms with van der Waals surface area (Å²) in [6.45, 7) is 3.53. The quantitative estimate of drug-likeness (QED) is 0.585. The average molecular weight is 241 g/mol. The average Bonchev–Trinajstić information content (AvgIpc) is 2.16. The van der Waals surface area contributed by atoms with Gasteiger partial charge in [0.1, 0.15) is 0 Å². The lowest BCUT2D eigenvalue weighted by atomic mass is 10.3. The van der Waals surface area contributed by atoms with E-state index in [1.54, 1.807) is 24.8 Å². The first-order valence-electron chi connectivity index (χ1n) is 4.64. The summed E-state index contributed by atoms with van der Waals surface area (Å²) in [5.74, 6) is 0.936. The molecular weight excluding hydrogens is 228 g/mol. The van der Waals surface area contributed by atoms with Crippen LogP contribution in [0.25, 0.3) is 0 Å². The van der Waals surface area contributed by atoms with Gasteiger partial charge in [-0.3, -0.25) is 4.79 Å². The van der Waals surface area contributed by atoms with Crippen LogP contribution in [-0.2, 0) is 4.79 Å². The first kappa shape index (κ1) is 12.3. The molecule has 80 valence electrons. The molecule has 0 bridgehead atoms. The molecule has 0 aliphatic heterocycles. The number of carbonyl (C=O) groups is 1. The van der Waals surface area contributed by atoms with Gasteiger partial charge in [0.25, 0.3) is 0 Å². The summed E-state index contributed by atoms with van der Waals surface area (Å²) in [5, 5.41) is 0.746. The summed E-state index contributed by atoms with van der Waals surface area (Å²) in [4.78, 5) is 12.0. The Morgan fingerprint density at radius 1 is 1.33 bits per heavy atom. The highest BCUT2D eigenvalue weighted by atomic mass is 35.5. The Balaban J connectivity index is 2.50. The molecule has 0 unspecified atom stereocenters. The van der Waals surface area contributed by atoms with Gasteiger partial charge in [-0.1, -0.05) is 17.2 Å². The Kier molecular flexibility index (Phi) is 4.92. The van der Waals surface area contributed by atoms with Gasteiger partial charge in [0, 0.05) is 15.7 Å². The number of rotatable bonds is 4. The molecule has 1 aromatic rings. The molecule has 0 amide bonds. The van der Waals surface area contributed by atoms with E-state index in [0.29, 0.717) is 0 Å². The second kappa shape index (κ2) is 5.99. The van der Waals surface area contributed by atoms with Gasteiger partial charge >= 0.3 is 0 Å². The van der Waals surface area contributed by atoms with Crippen LogP contribution in [0.2, 0.25) is 5.02 Å². The second-order valence-electron chi connectivity index (χ2n) is 3.34. The normalized spacial score (nSPS) is 11.5. The van der Waals surface area contributed by atoms with Crippen molar-refractivity contribution in [1.29, 1.82) is 0 Å². The zero-order chi connectivity index (χ0) is 11.3. The maximum atomic E-state index is 10.8. The summed E-state index contributed by atoms with van der Waals surface area (Å²) in [6, 6.07) is 7.70.